The fraction of sp³-hybridized carbons (Fsp3) is 0.154. The first-order chi connectivity index (χ1) is 9.56. The summed E-state index contributed by atoms with van der Waals surface area (Å²) >= 11 is 7.18. The van der Waals surface area contributed by atoms with E-state index in [2.05, 4.69) is 5.32 Å². The first-order valence-corrected chi connectivity index (χ1v) is 6.99. The van der Waals surface area contributed by atoms with Gasteiger partial charge in [-0.25, -0.2) is 0 Å². The van der Waals surface area contributed by atoms with Crippen molar-refractivity contribution < 1.29 is 9.72 Å². The molecule has 1 aromatic carbocycles. The predicted molar refractivity (Wildman–Crippen MR) is 78.0 cm³/mol. The maximum atomic E-state index is 11.8. The Morgan fingerprint density at radius 2 is 2.05 bits per heavy atom. The molecule has 2 rings (SSSR count). The highest BCUT2D eigenvalue weighted by Crippen LogP contribution is 2.21. The van der Waals surface area contributed by atoms with Crippen LogP contribution >= 0.6 is 22.9 Å². The Kier molecular flexibility index (Phi) is 4.70. The second kappa shape index (κ2) is 6.49. The lowest BCUT2D eigenvalue weighted by molar-refractivity contribution is -0.385. The zero-order chi connectivity index (χ0) is 14.5. The Balaban J connectivity index is 1.96. The molecular weight excluding hydrogens is 300 g/mol. The minimum Gasteiger partial charge on any atom is -0.351 e. The lowest BCUT2D eigenvalue weighted by Crippen LogP contribution is -2.24. The third-order valence-corrected chi connectivity index (χ3v) is 3.86. The molecule has 0 aliphatic rings. The zero-order valence-corrected chi connectivity index (χ0v) is 11.9. The van der Waals surface area contributed by atoms with Gasteiger partial charge in [0, 0.05) is 16.5 Å². The van der Waals surface area contributed by atoms with E-state index in [0.29, 0.717) is 16.4 Å². The highest BCUT2D eigenvalue weighted by molar-refractivity contribution is 7.16. The van der Waals surface area contributed by atoms with Crippen molar-refractivity contribution in [3.05, 3.63) is 61.3 Å². The molecule has 0 saturated carbocycles. The third kappa shape index (κ3) is 3.79. The molecule has 0 bridgehead atoms. The third-order valence-electron chi connectivity index (χ3n) is 2.63. The molecule has 0 radical (unpaired) electrons. The molecule has 0 saturated heterocycles. The average molecular weight is 311 g/mol. The molecule has 0 aliphatic heterocycles. The molecule has 2 aromatic rings. The highest BCUT2D eigenvalue weighted by atomic mass is 35.5. The smallest absolute Gasteiger partial charge is 0.273 e. The lowest BCUT2D eigenvalue weighted by Gasteiger charge is -2.04. The summed E-state index contributed by atoms with van der Waals surface area (Å²) in [5.41, 5.74) is 0.362. The molecule has 104 valence electrons. The lowest BCUT2D eigenvalue weighted by atomic mass is 10.1. The van der Waals surface area contributed by atoms with Crippen molar-refractivity contribution >= 4 is 34.5 Å². The average Bonchev–Trinajstić information content (AvgIpc) is 2.83. The number of carbonyl (C=O) groups excluding carboxylic acids is 1. The van der Waals surface area contributed by atoms with Crippen molar-refractivity contribution in [1.82, 2.24) is 5.32 Å². The van der Waals surface area contributed by atoms with Crippen molar-refractivity contribution in [2.24, 2.45) is 0 Å². The number of nitrogens with one attached hydrogen (secondary N) is 1. The Hall–Kier alpha value is -1.92. The Bertz CT molecular complexity index is 642. The van der Waals surface area contributed by atoms with Gasteiger partial charge in [0.25, 0.3) is 5.69 Å². The van der Waals surface area contributed by atoms with Crippen LogP contribution in [0.5, 0.6) is 0 Å². The van der Waals surface area contributed by atoms with Gasteiger partial charge in [-0.2, -0.15) is 0 Å². The minimum atomic E-state index is -0.484. The van der Waals surface area contributed by atoms with Crippen molar-refractivity contribution in [2.45, 2.75) is 13.0 Å². The van der Waals surface area contributed by atoms with Gasteiger partial charge >= 0.3 is 0 Å². The van der Waals surface area contributed by atoms with E-state index in [-0.39, 0.29) is 18.0 Å². The molecular formula is C13H11ClN2O3S. The largest absolute Gasteiger partial charge is 0.351 e. The summed E-state index contributed by atoms with van der Waals surface area (Å²) in [6.45, 7) is 0.372. The summed E-state index contributed by atoms with van der Waals surface area (Å²) in [5.74, 6) is -0.260. The Morgan fingerprint density at radius 3 is 2.70 bits per heavy atom. The molecule has 0 unspecified atom stereocenters. The first-order valence-electron chi connectivity index (χ1n) is 5.79. The Morgan fingerprint density at radius 1 is 1.30 bits per heavy atom. The second-order valence-electron chi connectivity index (χ2n) is 4.05. The zero-order valence-electron chi connectivity index (χ0n) is 10.3. The predicted octanol–water partition coefficient (Wildman–Crippen LogP) is 3.17. The number of rotatable bonds is 5. The topological polar surface area (TPSA) is 72.2 Å². The molecule has 1 N–H and O–H groups in total. The van der Waals surface area contributed by atoms with Crippen LogP contribution in [0.25, 0.3) is 0 Å². The SMILES string of the molecule is O=C(Cc1ccccc1[N+](=O)[O-])NCc1ccc(Cl)s1. The molecule has 20 heavy (non-hydrogen) atoms. The number of para-hydroxylation sites is 1. The molecule has 1 aromatic heterocycles. The quantitative estimate of drug-likeness (QED) is 0.681. The molecule has 1 heterocycles. The van der Waals surface area contributed by atoms with Crippen LogP contribution in [0.4, 0.5) is 5.69 Å². The van der Waals surface area contributed by atoms with Gasteiger partial charge in [0.2, 0.25) is 5.91 Å². The normalized spacial score (nSPS) is 10.2. The summed E-state index contributed by atoms with van der Waals surface area (Å²) in [6, 6.07) is 9.82. The molecule has 7 heteroatoms. The van der Waals surface area contributed by atoms with Gasteiger partial charge in [-0.1, -0.05) is 29.8 Å². The van der Waals surface area contributed by atoms with Gasteiger partial charge in [0.05, 0.1) is 22.2 Å². The van der Waals surface area contributed by atoms with Crippen LogP contribution in [0.2, 0.25) is 4.34 Å². The number of carbonyl (C=O) groups is 1. The van der Waals surface area contributed by atoms with Crippen LogP contribution in [0.1, 0.15) is 10.4 Å². The standard InChI is InChI=1S/C13H11ClN2O3S/c14-12-6-5-10(20-12)8-15-13(17)7-9-3-1-2-4-11(9)16(18)19/h1-6H,7-8H2,(H,15,17). The van der Waals surface area contributed by atoms with Gasteiger partial charge in [-0.15, -0.1) is 11.3 Å². The van der Waals surface area contributed by atoms with Gasteiger partial charge in [-0.3, -0.25) is 14.9 Å². The number of hydrogen-bond donors (Lipinski definition) is 1. The van der Waals surface area contributed by atoms with Crippen molar-refractivity contribution in [2.75, 3.05) is 0 Å². The highest BCUT2D eigenvalue weighted by Gasteiger charge is 2.15. The molecule has 0 fully saturated rings. The number of nitrogens with zero attached hydrogens (tertiary/aromatic N) is 1. The number of nitro benzene ring substituents is 1. The van der Waals surface area contributed by atoms with Crippen LogP contribution in [0.15, 0.2) is 36.4 Å². The molecule has 0 atom stereocenters. The van der Waals surface area contributed by atoms with Crippen molar-refractivity contribution in [3.8, 4) is 0 Å². The molecule has 5 nitrogen and oxygen atoms in total. The summed E-state index contributed by atoms with van der Waals surface area (Å²) < 4.78 is 0.660. The van der Waals surface area contributed by atoms with E-state index in [4.69, 9.17) is 11.6 Å². The maximum Gasteiger partial charge on any atom is 0.273 e. The van der Waals surface area contributed by atoms with E-state index in [1.807, 2.05) is 6.07 Å². The minimum absolute atomic E-state index is 0.0176. The van der Waals surface area contributed by atoms with E-state index in [0.717, 1.165) is 4.88 Å². The fourth-order valence-electron chi connectivity index (χ4n) is 1.71. The second-order valence-corrected chi connectivity index (χ2v) is 5.84. The Labute approximate surface area is 124 Å². The van der Waals surface area contributed by atoms with E-state index in [1.165, 1.54) is 17.4 Å². The van der Waals surface area contributed by atoms with Gasteiger partial charge in [0.15, 0.2) is 0 Å². The van der Waals surface area contributed by atoms with E-state index < -0.39 is 4.92 Å². The van der Waals surface area contributed by atoms with Crippen molar-refractivity contribution in [3.63, 3.8) is 0 Å². The first kappa shape index (κ1) is 14.5. The van der Waals surface area contributed by atoms with Gasteiger partial charge in [0.1, 0.15) is 0 Å². The van der Waals surface area contributed by atoms with E-state index in [9.17, 15) is 14.9 Å². The number of amides is 1. The van der Waals surface area contributed by atoms with Gasteiger partial charge in [-0.05, 0) is 12.1 Å². The summed E-state index contributed by atoms with van der Waals surface area (Å²) in [4.78, 5) is 23.1. The molecule has 0 aliphatic carbocycles. The number of nitro groups is 1. The number of thiophene rings is 1. The number of halogens is 1. The fourth-order valence-corrected chi connectivity index (χ4v) is 2.73. The van der Waals surface area contributed by atoms with Crippen LogP contribution < -0.4 is 5.32 Å². The monoisotopic (exact) mass is 310 g/mol. The van der Waals surface area contributed by atoms with Crippen LogP contribution in [0.3, 0.4) is 0 Å². The van der Waals surface area contributed by atoms with Crippen LogP contribution in [0, 0.1) is 10.1 Å². The summed E-state index contributed by atoms with van der Waals surface area (Å²) in [7, 11) is 0. The van der Waals surface area contributed by atoms with Crippen LogP contribution in [-0.4, -0.2) is 10.8 Å². The van der Waals surface area contributed by atoms with Gasteiger partial charge < -0.3 is 5.32 Å². The molecule has 1 amide bonds. The van der Waals surface area contributed by atoms with Crippen LogP contribution in [-0.2, 0) is 17.8 Å². The molecule has 0 spiro atoms. The van der Waals surface area contributed by atoms with Crippen molar-refractivity contribution in [1.29, 1.82) is 0 Å². The summed E-state index contributed by atoms with van der Waals surface area (Å²) in [5, 5.41) is 13.6. The summed E-state index contributed by atoms with van der Waals surface area (Å²) in [6.07, 6.45) is -0.0176. The van der Waals surface area contributed by atoms with E-state index >= 15 is 0 Å². The number of hydrogen-bond acceptors (Lipinski definition) is 4. The van der Waals surface area contributed by atoms with E-state index in [1.54, 1.807) is 24.3 Å². The maximum absolute atomic E-state index is 11.8. The number of benzene rings is 1.